The summed E-state index contributed by atoms with van der Waals surface area (Å²) in [6, 6.07) is 12.7. The van der Waals surface area contributed by atoms with Gasteiger partial charge in [-0.25, -0.2) is 4.79 Å². The monoisotopic (exact) mass is 355 g/mol. The molecule has 0 radical (unpaired) electrons. The second-order valence-electron chi connectivity index (χ2n) is 5.97. The van der Waals surface area contributed by atoms with Gasteiger partial charge in [-0.2, -0.15) is 0 Å². The first kappa shape index (κ1) is 19.5. The molecule has 0 aliphatic rings. The quantitative estimate of drug-likeness (QED) is 0.753. The van der Waals surface area contributed by atoms with E-state index in [2.05, 4.69) is 5.32 Å². The second-order valence-corrected chi connectivity index (χ2v) is 5.97. The van der Waals surface area contributed by atoms with Crippen molar-refractivity contribution in [3.8, 4) is 5.75 Å². The molecule has 138 valence electrons. The first-order valence-electron chi connectivity index (χ1n) is 8.77. The summed E-state index contributed by atoms with van der Waals surface area (Å²) in [5.41, 5.74) is 2.66. The van der Waals surface area contributed by atoms with Gasteiger partial charge in [0, 0.05) is 5.69 Å². The number of amides is 1. The van der Waals surface area contributed by atoms with E-state index in [1.165, 1.54) is 0 Å². The van der Waals surface area contributed by atoms with E-state index < -0.39 is 12.1 Å². The molecule has 5 nitrogen and oxygen atoms in total. The maximum atomic E-state index is 12.7. The van der Waals surface area contributed by atoms with E-state index in [1.807, 2.05) is 38.1 Å². The van der Waals surface area contributed by atoms with Gasteiger partial charge in [0.05, 0.1) is 12.2 Å². The van der Waals surface area contributed by atoms with Crippen LogP contribution < -0.4 is 10.1 Å². The van der Waals surface area contributed by atoms with Crippen molar-refractivity contribution >= 4 is 17.6 Å². The van der Waals surface area contributed by atoms with Crippen LogP contribution in [-0.4, -0.2) is 24.6 Å². The number of carbonyl (C=O) groups excluding carboxylic acids is 2. The van der Waals surface area contributed by atoms with Crippen LogP contribution in [-0.2, 0) is 9.53 Å². The number of hydrogen-bond acceptors (Lipinski definition) is 4. The van der Waals surface area contributed by atoms with Crippen molar-refractivity contribution in [3.05, 3.63) is 59.2 Å². The third kappa shape index (κ3) is 4.63. The molecule has 1 N–H and O–H groups in total. The maximum Gasteiger partial charge on any atom is 0.338 e. The van der Waals surface area contributed by atoms with Crippen molar-refractivity contribution in [2.45, 2.75) is 40.2 Å². The Balaban J connectivity index is 2.16. The van der Waals surface area contributed by atoms with Gasteiger partial charge in [0.2, 0.25) is 0 Å². The third-order valence-corrected chi connectivity index (χ3v) is 4.11. The van der Waals surface area contributed by atoms with Crippen molar-refractivity contribution in [2.24, 2.45) is 0 Å². The molecule has 1 atom stereocenters. The molecular weight excluding hydrogens is 330 g/mol. The molecule has 0 aliphatic carbocycles. The second kappa shape index (κ2) is 9.04. The minimum Gasteiger partial charge on any atom is -0.480 e. The SMILES string of the molecule is CCOC(=O)c1cccc(NC(=O)[C@H](CC)Oc2ccccc2C)c1C. The van der Waals surface area contributed by atoms with Gasteiger partial charge in [0.15, 0.2) is 6.10 Å². The van der Waals surface area contributed by atoms with Gasteiger partial charge in [-0.05, 0) is 56.5 Å². The van der Waals surface area contributed by atoms with Crippen molar-refractivity contribution in [1.82, 2.24) is 0 Å². The maximum absolute atomic E-state index is 12.7. The molecule has 0 aliphatic heterocycles. The highest BCUT2D eigenvalue weighted by molar-refractivity contribution is 5.98. The molecule has 2 rings (SSSR count). The minimum absolute atomic E-state index is 0.250. The van der Waals surface area contributed by atoms with Crippen LogP contribution in [0.4, 0.5) is 5.69 Å². The fourth-order valence-electron chi connectivity index (χ4n) is 2.58. The highest BCUT2D eigenvalue weighted by Crippen LogP contribution is 2.22. The molecule has 0 saturated heterocycles. The zero-order valence-corrected chi connectivity index (χ0v) is 15.7. The lowest BCUT2D eigenvalue weighted by atomic mass is 10.1. The fraction of sp³-hybridized carbons (Fsp3) is 0.333. The molecule has 2 aromatic carbocycles. The molecule has 0 unspecified atom stereocenters. The van der Waals surface area contributed by atoms with Crippen molar-refractivity contribution in [1.29, 1.82) is 0 Å². The van der Waals surface area contributed by atoms with E-state index in [9.17, 15) is 9.59 Å². The number of aryl methyl sites for hydroxylation is 1. The predicted octanol–water partition coefficient (Wildman–Crippen LogP) is 4.28. The van der Waals surface area contributed by atoms with E-state index in [-0.39, 0.29) is 5.91 Å². The summed E-state index contributed by atoms with van der Waals surface area (Å²) in [5, 5.41) is 2.87. The van der Waals surface area contributed by atoms with Gasteiger partial charge in [-0.3, -0.25) is 4.79 Å². The standard InChI is InChI=1S/C21H25NO4/c1-5-18(26-19-13-8-7-10-14(19)3)20(23)22-17-12-9-11-16(15(17)4)21(24)25-6-2/h7-13,18H,5-6H2,1-4H3,(H,22,23)/t18-/m0/s1. The predicted molar refractivity (Wildman–Crippen MR) is 102 cm³/mol. The Morgan fingerprint density at radius 3 is 2.42 bits per heavy atom. The summed E-state index contributed by atoms with van der Waals surface area (Å²) in [4.78, 5) is 24.7. The topological polar surface area (TPSA) is 64.6 Å². The van der Waals surface area contributed by atoms with Crippen LogP contribution in [0.3, 0.4) is 0 Å². The molecule has 0 heterocycles. The van der Waals surface area contributed by atoms with Crippen LogP contribution in [0.2, 0.25) is 0 Å². The molecule has 5 heteroatoms. The molecule has 26 heavy (non-hydrogen) atoms. The number of nitrogens with one attached hydrogen (secondary N) is 1. The fourth-order valence-corrected chi connectivity index (χ4v) is 2.58. The van der Waals surface area contributed by atoms with E-state index in [0.717, 1.165) is 5.56 Å². The Kier molecular flexibility index (Phi) is 6.78. The lowest BCUT2D eigenvalue weighted by molar-refractivity contribution is -0.122. The van der Waals surface area contributed by atoms with Crippen LogP contribution in [0, 0.1) is 13.8 Å². The van der Waals surface area contributed by atoms with Gasteiger partial charge in [0.1, 0.15) is 5.75 Å². The van der Waals surface area contributed by atoms with Crippen molar-refractivity contribution in [2.75, 3.05) is 11.9 Å². The smallest absolute Gasteiger partial charge is 0.338 e. The average Bonchev–Trinajstić information content (AvgIpc) is 2.62. The van der Waals surface area contributed by atoms with Gasteiger partial charge >= 0.3 is 5.97 Å². The van der Waals surface area contributed by atoms with Gasteiger partial charge in [0.25, 0.3) is 5.91 Å². The Morgan fingerprint density at radius 2 is 1.77 bits per heavy atom. The van der Waals surface area contributed by atoms with Crippen LogP contribution in [0.15, 0.2) is 42.5 Å². The third-order valence-electron chi connectivity index (χ3n) is 4.11. The summed E-state index contributed by atoms with van der Waals surface area (Å²) in [6.45, 7) is 7.67. The summed E-state index contributed by atoms with van der Waals surface area (Å²) >= 11 is 0. The van der Waals surface area contributed by atoms with E-state index in [1.54, 1.807) is 32.0 Å². The molecule has 2 aromatic rings. The zero-order chi connectivity index (χ0) is 19.1. The first-order valence-corrected chi connectivity index (χ1v) is 8.77. The highest BCUT2D eigenvalue weighted by atomic mass is 16.5. The minimum atomic E-state index is -0.623. The molecule has 0 aromatic heterocycles. The highest BCUT2D eigenvalue weighted by Gasteiger charge is 2.21. The number of carbonyl (C=O) groups is 2. The van der Waals surface area contributed by atoms with Crippen LogP contribution in [0.5, 0.6) is 5.75 Å². The van der Waals surface area contributed by atoms with Gasteiger partial charge in [-0.15, -0.1) is 0 Å². The molecular formula is C21H25NO4. The van der Waals surface area contributed by atoms with Crippen LogP contribution in [0.1, 0.15) is 41.8 Å². The van der Waals surface area contributed by atoms with Gasteiger partial charge in [-0.1, -0.05) is 31.2 Å². The number of rotatable bonds is 7. The van der Waals surface area contributed by atoms with Gasteiger partial charge < -0.3 is 14.8 Å². The molecule has 0 saturated carbocycles. The van der Waals surface area contributed by atoms with Crippen LogP contribution in [0.25, 0.3) is 0 Å². The normalized spacial score (nSPS) is 11.5. The molecule has 0 fully saturated rings. The lowest BCUT2D eigenvalue weighted by Gasteiger charge is -2.19. The summed E-state index contributed by atoms with van der Waals surface area (Å²) < 4.78 is 10.9. The largest absolute Gasteiger partial charge is 0.480 e. The number of benzene rings is 2. The summed E-state index contributed by atoms with van der Waals surface area (Å²) in [5.74, 6) is 0.0376. The number of para-hydroxylation sites is 1. The Hall–Kier alpha value is -2.82. The molecule has 1 amide bonds. The van der Waals surface area contributed by atoms with Crippen molar-refractivity contribution < 1.29 is 19.1 Å². The summed E-state index contributed by atoms with van der Waals surface area (Å²) in [6.07, 6.45) is -0.0988. The van der Waals surface area contributed by atoms with Crippen molar-refractivity contribution in [3.63, 3.8) is 0 Å². The average molecular weight is 355 g/mol. The lowest BCUT2D eigenvalue weighted by Crippen LogP contribution is -2.33. The first-order chi connectivity index (χ1) is 12.5. The Bertz CT molecular complexity index is 785. The van der Waals surface area contributed by atoms with E-state index >= 15 is 0 Å². The number of ether oxygens (including phenoxy) is 2. The number of hydrogen-bond donors (Lipinski definition) is 1. The number of esters is 1. The molecule has 0 spiro atoms. The van der Waals surface area contributed by atoms with E-state index in [0.29, 0.717) is 35.6 Å². The number of anilines is 1. The summed E-state index contributed by atoms with van der Waals surface area (Å²) in [7, 11) is 0. The Labute approximate surface area is 154 Å². The van der Waals surface area contributed by atoms with Crippen LogP contribution >= 0.6 is 0 Å². The van der Waals surface area contributed by atoms with E-state index in [4.69, 9.17) is 9.47 Å². The zero-order valence-electron chi connectivity index (χ0n) is 15.7. The molecule has 0 bridgehead atoms. The Morgan fingerprint density at radius 1 is 1.04 bits per heavy atom.